The number of carbonyl (C=O) groups is 1. The van der Waals surface area contributed by atoms with Crippen LogP contribution in [0.25, 0.3) is 10.9 Å². The van der Waals surface area contributed by atoms with Crippen molar-refractivity contribution < 1.29 is 13.2 Å². The van der Waals surface area contributed by atoms with Gasteiger partial charge in [0.1, 0.15) is 5.56 Å². The Morgan fingerprint density at radius 2 is 1.77 bits per heavy atom. The van der Waals surface area contributed by atoms with Crippen molar-refractivity contribution in [2.24, 2.45) is 0 Å². The third-order valence-corrected chi connectivity index (χ3v) is 8.12. The van der Waals surface area contributed by atoms with Crippen LogP contribution >= 0.6 is 0 Å². The predicted molar refractivity (Wildman–Crippen MR) is 141 cm³/mol. The molecule has 0 spiro atoms. The second-order valence-electron chi connectivity index (χ2n) is 8.36. The Bertz CT molecular complexity index is 1350. The van der Waals surface area contributed by atoms with Crippen molar-refractivity contribution in [2.75, 3.05) is 37.6 Å². The average molecular weight is 499 g/mol. The molecule has 0 saturated carbocycles. The second kappa shape index (κ2) is 11.5. The van der Waals surface area contributed by atoms with Crippen molar-refractivity contribution >= 4 is 32.5 Å². The normalized spacial score (nSPS) is 11.7. The third kappa shape index (κ3) is 5.91. The largest absolute Gasteiger partial charge is 0.372 e. The van der Waals surface area contributed by atoms with Crippen molar-refractivity contribution in [1.82, 2.24) is 14.6 Å². The zero-order valence-corrected chi connectivity index (χ0v) is 21.6. The molecule has 0 fully saturated rings. The standard InChI is InChI=1S/C26H34N4O4S/c1-5-29(20-11-8-10-19(4)16-20)15-9-14-27-26(32)23-18-28-24-13-12-21(17-22(24)25(23)31)35(33,34)30(6-2)7-3/h8,10-13,16-18H,5-7,9,14-15H2,1-4H3,(H,27,32)(H,28,31). The van der Waals surface area contributed by atoms with E-state index >= 15 is 0 Å². The Labute approximate surface area is 207 Å². The molecule has 0 bridgehead atoms. The summed E-state index contributed by atoms with van der Waals surface area (Å²) in [6.45, 7) is 10.3. The number of hydrogen-bond acceptors (Lipinski definition) is 5. The van der Waals surface area contributed by atoms with E-state index in [0.717, 1.165) is 18.8 Å². The van der Waals surface area contributed by atoms with E-state index in [2.05, 4.69) is 47.2 Å². The van der Waals surface area contributed by atoms with E-state index in [1.165, 1.54) is 28.2 Å². The van der Waals surface area contributed by atoms with Gasteiger partial charge in [-0.2, -0.15) is 4.31 Å². The first kappa shape index (κ1) is 26.4. The summed E-state index contributed by atoms with van der Waals surface area (Å²) in [4.78, 5) is 31.0. The molecule has 0 aliphatic carbocycles. The van der Waals surface area contributed by atoms with E-state index in [-0.39, 0.29) is 15.8 Å². The number of aromatic amines is 1. The Hall–Kier alpha value is -3.17. The van der Waals surface area contributed by atoms with Gasteiger partial charge in [0.15, 0.2) is 0 Å². The summed E-state index contributed by atoms with van der Waals surface area (Å²) >= 11 is 0. The van der Waals surface area contributed by atoms with Gasteiger partial charge >= 0.3 is 0 Å². The molecule has 3 rings (SSSR count). The molecule has 35 heavy (non-hydrogen) atoms. The molecular formula is C26H34N4O4S. The molecule has 9 heteroatoms. The monoisotopic (exact) mass is 498 g/mol. The smallest absolute Gasteiger partial charge is 0.256 e. The van der Waals surface area contributed by atoms with Gasteiger partial charge in [0.25, 0.3) is 5.91 Å². The molecule has 0 aliphatic rings. The van der Waals surface area contributed by atoms with Crippen molar-refractivity contribution in [3.8, 4) is 0 Å². The molecule has 0 aliphatic heterocycles. The number of aromatic nitrogens is 1. The van der Waals surface area contributed by atoms with Crippen molar-refractivity contribution in [2.45, 2.75) is 39.0 Å². The Kier molecular flexibility index (Phi) is 8.69. The maximum atomic E-state index is 13.1. The molecule has 188 valence electrons. The molecule has 1 heterocycles. The number of aryl methyl sites for hydroxylation is 1. The number of sulfonamides is 1. The summed E-state index contributed by atoms with van der Waals surface area (Å²) in [6.07, 6.45) is 2.09. The lowest BCUT2D eigenvalue weighted by Gasteiger charge is -2.23. The fourth-order valence-corrected chi connectivity index (χ4v) is 5.59. The molecule has 0 radical (unpaired) electrons. The number of carbonyl (C=O) groups excluding carboxylic acids is 1. The highest BCUT2D eigenvalue weighted by Crippen LogP contribution is 2.20. The molecule has 3 aromatic rings. The van der Waals surface area contributed by atoms with E-state index in [1.54, 1.807) is 19.9 Å². The van der Waals surface area contributed by atoms with Crippen LogP contribution in [0.3, 0.4) is 0 Å². The van der Waals surface area contributed by atoms with Gasteiger partial charge in [-0.05, 0) is 56.2 Å². The van der Waals surface area contributed by atoms with E-state index in [4.69, 9.17) is 0 Å². The molecule has 2 aromatic carbocycles. The minimum absolute atomic E-state index is 0.0348. The Morgan fingerprint density at radius 3 is 2.43 bits per heavy atom. The first-order valence-electron chi connectivity index (χ1n) is 12.0. The van der Waals surface area contributed by atoms with E-state index < -0.39 is 21.4 Å². The number of fused-ring (bicyclic) bond motifs is 1. The summed E-state index contributed by atoms with van der Waals surface area (Å²) < 4.78 is 27.1. The zero-order chi connectivity index (χ0) is 25.6. The zero-order valence-electron chi connectivity index (χ0n) is 20.8. The minimum atomic E-state index is -3.72. The summed E-state index contributed by atoms with van der Waals surface area (Å²) in [6, 6.07) is 12.7. The number of nitrogens with zero attached hydrogens (tertiary/aromatic N) is 2. The molecule has 1 amide bonds. The summed E-state index contributed by atoms with van der Waals surface area (Å²) in [5.74, 6) is -0.483. The number of anilines is 1. The van der Waals surface area contributed by atoms with Gasteiger partial charge in [-0.25, -0.2) is 8.42 Å². The first-order valence-corrected chi connectivity index (χ1v) is 13.4. The van der Waals surface area contributed by atoms with Crippen molar-refractivity contribution in [1.29, 1.82) is 0 Å². The SMILES string of the molecule is CCN(CCCNC(=O)c1c[nH]c2ccc(S(=O)(=O)N(CC)CC)cc2c1=O)c1cccc(C)c1. The predicted octanol–water partition coefficient (Wildman–Crippen LogP) is 3.51. The fraction of sp³-hybridized carbons (Fsp3) is 0.385. The second-order valence-corrected chi connectivity index (χ2v) is 10.3. The van der Waals surface area contributed by atoms with Gasteiger partial charge in [-0.3, -0.25) is 9.59 Å². The molecule has 0 saturated heterocycles. The van der Waals surface area contributed by atoms with Crippen LogP contribution in [0.15, 0.2) is 58.4 Å². The van der Waals surface area contributed by atoms with Gasteiger partial charge < -0.3 is 15.2 Å². The topological polar surface area (TPSA) is 103 Å². The molecular weight excluding hydrogens is 464 g/mol. The molecule has 0 unspecified atom stereocenters. The summed E-state index contributed by atoms with van der Waals surface area (Å²) in [7, 11) is -3.72. The van der Waals surface area contributed by atoms with Crippen LogP contribution in [0.1, 0.15) is 43.1 Å². The number of hydrogen-bond donors (Lipinski definition) is 2. The number of benzene rings is 2. The van der Waals surface area contributed by atoms with Crippen LogP contribution in [0, 0.1) is 6.92 Å². The van der Waals surface area contributed by atoms with E-state index in [1.807, 2.05) is 6.07 Å². The molecule has 2 N–H and O–H groups in total. The number of pyridine rings is 1. The molecule has 1 aromatic heterocycles. The fourth-order valence-electron chi connectivity index (χ4n) is 4.10. The van der Waals surface area contributed by atoms with Gasteiger partial charge in [0, 0.05) is 55.5 Å². The summed E-state index contributed by atoms with van der Waals surface area (Å²) in [5, 5.41) is 2.99. The maximum Gasteiger partial charge on any atom is 0.256 e. The highest BCUT2D eigenvalue weighted by molar-refractivity contribution is 7.89. The number of amides is 1. The molecule has 8 nitrogen and oxygen atoms in total. The Balaban J connectivity index is 1.72. The van der Waals surface area contributed by atoms with Crippen molar-refractivity contribution in [3.05, 3.63) is 70.0 Å². The lowest BCUT2D eigenvalue weighted by atomic mass is 10.1. The van der Waals surface area contributed by atoms with Crippen LogP contribution in [-0.2, 0) is 10.0 Å². The van der Waals surface area contributed by atoms with E-state index in [9.17, 15) is 18.0 Å². The van der Waals surface area contributed by atoms with Crippen molar-refractivity contribution in [3.63, 3.8) is 0 Å². The number of H-pyrrole nitrogens is 1. The van der Waals surface area contributed by atoms with Crippen LogP contribution in [-0.4, -0.2) is 56.3 Å². The van der Waals surface area contributed by atoms with Gasteiger partial charge in [-0.15, -0.1) is 0 Å². The van der Waals surface area contributed by atoms with Crippen LogP contribution in [0.2, 0.25) is 0 Å². The van der Waals surface area contributed by atoms with Gasteiger partial charge in [-0.1, -0.05) is 26.0 Å². The quantitative estimate of drug-likeness (QED) is 0.394. The highest BCUT2D eigenvalue weighted by atomic mass is 32.2. The lowest BCUT2D eigenvalue weighted by molar-refractivity contribution is 0.0952. The van der Waals surface area contributed by atoms with E-state index in [0.29, 0.717) is 31.6 Å². The minimum Gasteiger partial charge on any atom is -0.372 e. The average Bonchev–Trinajstić information content (AvgIpc) is 2.84. The highest BCUT2D eigenvalue weighted by Gasteiger charge is 2.23. The summed E-state index contributed by atoms with van der Waals surface area (Å²) in [5.41, 5.74) is 2.27. The van der Waals surface area contributed by atoms with Crippen LogP contribution < -0.4 is 15.6 Å². The third-order valence-electron chi connectivity index (χ3n) is 6.08. The van der Waals surface area contributed by atoms with Gasteiger partial charge in [0.2, 0.25) is 15.5 Å². The number of rotatable bonds is 11. The first-order chi connectivity index (χ1) is 16.7. The lowest BCUT2D eigenvalue weighted by Crippen LogP contribution is -2.32. The number of nitrogens with one attached hydrogen (secondary N) is 2. The molecule has 0 atom stereocenters. The van der Waals surface area contributed by atoms with Crippen LogP contribution in [0.5, 0.6) is 0 Å². The maximum absolute atomic E-state index is 13.1. The Morgan fingerprint density at radius 1 is 1.03 bits per heavy atom. The van der Waals surface area contributed by atoms with Gasteiger partial charge in [0.05, 0.1) is 4.90 Å². The van der Waals surface area contributed by atoms with Crippen LogP contribution in [0.4, 0.5) is 5.69 Å².